The van der Waals surface area contributed by atoms with E-state index in [1.807, 2.05) is 19.9 Å². The number of benzene rings is 1. The number of alkyl halides is 2. The Balaban J connectivity index is 1.63. The van der Waals surface area contributed by atoms with Crippen LogP contribution in [0.15, 0.2) is 30.5 Å². The summed E-state index contributed by atoms with van der Waals surface area (Å²) < 4.78 is 31.3. The molecule has 0 radical (unpaired) electrons. The molecule has 3 heterocycles. The van der Waals surface area contributed by atoms with Gasteiger partial charge in [0.25, 0.3) is 5.91 Å². The van der Waals surface area contributed by atoms with Crippen molar-refractivity contribution in [1.29, 1.82) is 0 Å². The molecule has 27 heavy (non-hydrogen) atoms. The molecule has 0 unspecified atom stereocenters. The predicted octanol–water partition coefficient (Wildman–Crippen LogP) is 3.81. The van der Waals surface area contributed by atoms with Gasteiger partial charge in [-0.1, -0.05) is 11.3 Å². The number of rotatable bonds is 4. The van der Waals surface area contributed by atoms with E-state index in [0.29, 0.717) is 26.6 Å². The quantitative estimate of drug-likeness (QED) is 0.574. The summed E-state index contributed by atoms with van der Waals surface area (Å²) in [6, 6.07) is 6.29. The van der Waals surface area contributed by atoms with Gasteiger partial charge in [0, 0.05) is 11.4 Å². The fourth-order valence-corrected chi connectivity index (χ4v) is 3.62. The number of hydrogen-bond donors (Lipinski definition) is 1. The van der Waals surface area contributed by atoms with Crippen LogP contribution in [-0.2, 0) is 0 Å². The molecule has 4 aromatic rings. The van der Waals surface area contributed by atoms with E-state index < -0.39 is 12.5 Å². The molecule has 0 atom stereocenters. The molecule has 1 N–H and O–H groups in total. The van der Waals surface area contributed by atoms with Gasteiger partial charge in [0.05, 0.1) is 16.4 Å². The second kappa shape index (κ2) is 6.54. The average Bonchev–Trinajstić information content (AvgIpc) is 3.17. The van der Waals surface area contributed by atoms with E-state index in [-0.39, 0.29) is 5.75 Å². The topological polar surface area (TPSA) is 81.4 Å². The first-order valence-corrected chi connectivity index (χ1v) is 8.71. The minimum absolute atomic E-state index is 0.0387. The third kappa shape index (κ3) is 3.31. The zero-order valence-corrected chi connectivity index (χ0v) is 15.1. The van der Waals surface area contributed by atoms with Crippen LogP contribution in [0.3, 0.4) is 0 Å². The monoisotopic (exact) mass is 389 g/mol. The van der Waals surface area contributed by atoms with E-state index in [9.17, 15) is 13.6 Å². The minimum Gasteiger partial charge on any atom is -0.435 e. The van der Waals surface area contributed by atoms with Crippen molar-refractivity contribution in [3.05, 3.63) is 47.4 Å². The van der Waals surface area contributed by atoms with E-state index in [1.165, 1.54) is 18.3 Å². The molecule has 0 aliphatic heterocycles. The highest BCUT2D eigenvalue weighted by molar-refractivity contribution is 7.22. The van der Waals surface area contributed by atoms with Crippen molar-refractivity contribution in [2.45, 2.75) is 20.5 Å². The van der Waals surface area contributed by atoms with E-state index >= 15 is 0 Å². The first-order valence-electron chi connectivity index (χ1n) is 7.89. The van der Waals surface area contributed by atoms with Crippen LogP contribution in [0.1, 0.15) is 21.7 Å². The van der Waals surface area contributed by atoms with Crippen LogP contribution in [0.4, 0.5) is 13.9 Å². The SMILES string of the molecule is Cc1cc(C)n2ncc(C(=O)Nc3nc4ccc(OC(F)F)cc4s3)c2n1. The molecule has 0 aliphatic rings. The van der Waals surface area contributed by atoms with Crippen LogP contribution >= 0.6 is 11.3 Å². The number of thiazole rings is 1. The third-order valence-corrected chi connectivity index (χ3v) is 4.76. The van der Waals surface area contributed by atoms with Crippen molar-refractivity contribution < 1.29 is 18.3 Å². The molecular formula is C17H13F2N5O2S. The van der Waals surface area contributed by atoms with Crippen LogP contribution in [-0.4, -0.2) is 32.1 Å². The number of aryl methyl sites for hydroxylation is 2. The molecule has 3 aromatic heterocycles. The number of carbonyl (C=O) groups excluding carboxylic acids is 1. The second-order valence-corrected chi connectivity index (χ2v) is 6.84. The number of ether oxygens (including phenoxy) is 1. The molecule has 4 rings (SSSR count). The summed E-state index contributed by atoms with van der Waals surface area (Å²) in [6.07, 6.45) is 1.45. The van der Waals surface area contributed by atoms with Crippen LogP contribution in [0.25, 0.3) is 15.9 Å². The molecular weight excluding hydrogens is 376 g/mol. The van der Waals surface area contributed by atoms with Crippen molar-refractivity contribution in [2.24, 2.45) is 0 Å². The Kier molecular flexibility index (Phi) is 4.19. The Morgan fingerprint density at radius 3 is 2.85 bits per heavy atom. The molecule has 0 fully saturated rings. The van der Waals surface area contributed by atoms with Crippen LogP contribution in [0.2, 0.25) is 0 Å². The Morgan fingerprint density at radius 1 is 1.26 bits per heavy atom. The zero-order valence-electron chi connectivity index (χ0n) is 14.2. The van der Waals surface area contributed by atoms with Gasteiger partial charge >= 0.3 is 6.61 Å². The van der Waals surface area contributed by atoms with E-state index in [2.05, 4.69) is 25.1 Å². The fourth-order valence-electron chi connectivity index (χ4n) is 2.73. The van der Waals surface area contributed by atoms with E-state index in [0.717, 1.165) is 22.7 Å². The lowest BCUT2D eigenvalue weighted by Crippen LogP contribution is -2.12. The summed E-state index contributed by atoms with van der Waals surface area (Å²) in [7, 11) is 0. The van der Waals surface area contributed by atoms with Crippen LogP contribution in [0.5, 0.6) is 5.75 Å². The predicted molar refractivity (Wildman–Crippen MR) is 96.7 cm³/mol. The molecule has 0 spiro atoms. The lowest BCUT2D eigenvalue weighted by molar-refractivity contribution is -0.0497. The van der Waals surface area contributed by atoms with Crippen molar-refractivity contribution >= 4 is 38.2 Å². The van der Waals surface area contributed by atoms with Crippen LogP contribution < -0.4 is 10.1 Å². The van der Waals surface area contributed by atoms with Gasteiger partial charge in [-0.05, 0) is 38.1 Å². The molecule has 10 heteroatoms. The van der Waals surface area contributed by atoms with Crippen molar-refractivity contribution in [3.63, 3.8) is 0 Å². The first kappa shape index (κ1) is 17.3. The Labute approximate surface area is 155 Å². The highest BCUT2D eigenvalue weighted by atomic mass is 32.1. The van der Waals surface area contributed by atoms with Gasteiger partial charge < -0.3 is 4.74 Å². The van der Waals surface area contributed by atoms with Gasteiger partial charge in [-0.15, -0.1) is 0 Å². The van der Waals surface area contributed by atoms with Gasteiger partial charge in [0.2, 0.25) is 0 Å². The Hall–Kier alpha value is -3.14. The van der Waals surface area contributed by atoms with E-state index in [1.54, 1.807) is 10.6 Å². The van der Waals surface area contributed by atoms with Gasteiger partial charge in [-0.25, -0.2) is 14.5 Å². The van der Waals surface area contributed by atoms with Gasteiger partial charge in [-0.2, -0.15) is 13.9 Å². The molecule has 1 aromatic carbocycles. The Bertz CT molecular complexity index is 1170. The average molecular weight is 389 g/mol. The maximum absolute atomic E-state index is 12.6. The molecule has 0 bridgehead atoms. The highest BCUT2D eigenvalue weighted by Gasteiger charge is 2.17. The molecule has 7 nitrogen and oxygen atoms in total. The summed E-state index contributed by atoms with van der Waals surface area (Å²) >= 11 is 1.16. The smallest absolute Gasteiger partial charge is 0.387 e. The third-order valence-electron chi connectivity index (χ3n) is 3.83. The maximum atomic E-state index is 12.6. The molecule has 1 amide bonds. The van der Waals surface area contributed by atoms with E-state index in [4.69, 9.17) is 0 Å². The largest absolute Gasteiger partial charge is 0.435 e. The lowest BCUT2D eigenvalue weighted by Gasteiger charge is -2.02. The zero-order chi connectivity index (χ0) is 19.1. The number of hydrogen-bond acceptors (Lipinski definition) is 6. The standard InChI is InChI=1S/C17H13F2N5O2S/c1-8-5-9(2)24-14(21-8)11(7-20-24)15(25)23-17-22-12-4-3-10(26-16(18)19)6-13(12)27-17/h3-7,16H,1-2H3,(H,22,23,25). The normalized spacial score (nSPS) is 11.4. The number of amides is 1. The number of fused-ring (bicyclic) bond motifs is 2. The molecule has 0 aliphatic carbocycles. The fraction of sp³-hybridized carbons (Fsp3) is 0.176. The van der Waals surface area contributed by atoms with Gasteiger partial charge in [0.15, 0.2) is 10.8 Å². The Morgan fingerprint density at radius 2 is 2.07 bits per heavy atom. The summed E-state index contributed by atoms with van der Waals surface area (Å²) in [5.74, 6) is -0.359. The minimum atomic E-state index is -2.90. The second-order valence-electron chi connectivity index (χ2n) is 5.81. The van der Waals surface area contributed by atoms with Crippen molar-refractivity contribution in [3.8, 4) is 5.75 Å². The van der Waals surface area contributed by atoms with Crippen molar-refractivity contribution in [2.75, 3.05) is 5.32 Å². The number of halogens is 2. The number of anilines is 1. The number of aromatic nitrogens is 4. The summed E-state index contributed by atoms with van der Waals surface area (Å²) in [6.45, 7) is 0.821. The molecule has 0 saturated heterocycles. The molecule has 138 valence electrons. The highest BCUT2D eigenvalue weighted by Crippen LogP contribution is 2.30. The van der Waals surface area contributed by atoms with Gasteiger partial charge in [-0.3, -0.25) is 10.1 Å². The lowest BCUT2D eigenvalue weighted by atomic mass is 10.3. The van der Waals surface area contributed by atoms with Crippen LogP contribution in [0, 0.1) is 13.8 Å². The number of nitrogens with one attached hydrogen (secondary N) is 1. The summed E-state index contributed by atoms with van der Waals surface area (Å²) in [5.41, 5.74) is 2.99. The number of nitrogens with zero attached hydrogens (tertiary/aromatic N) is 4. The van der Waals surface area contributed by atoms with Crippen molar-refractivity contribution in [1.82, 2.24) is 19.6 Å². The van der Waals surface area contributed by atoms with Gasteiger partial charge in [0.1, 0.15) is 11.3 Å². The number of carbonyl (C=O) groups is 1. The first-order chi connectivity index (χ1) is 12.9. The summed E-state index contributed by atoms with van der Waals surface area (Å²) in [5, 5.41) is 7.24. The summed E-state index contributed by atoms with van der Waals surface area (Å²) in [4.78, 5) is 21.3. The maximum Gasteiger partial charge on any atom is 0.387 e. The molecule has 0 saturated carbocycles.